The normalized spacial score (nSPS) is 9.88. The number of phenolic OH excluding ortho intramolecular Hbond substituents is 1. The summed E-state index contributed by atoms with van der Waals surface area (Å²) >= 11 is 5.60. The van der Waals surface area contributed by atoms with Crippen LogP contribution in [0.5, 0.6) is 5.75 Å². The highest BCUT2D eigenvalue weighted by Crippen LogP contribution is 2.36. The van der Waals surface area contributed by atoms with Gasteiger partial charge in [-0.3, -0.25) is 19.7 Å². The van der Waals surface area contributed by atoms with Gasteiger partial charge in [-0.15, -0.1) is 0 Å². The molecule has 0 aliphatic rings. The van der Waals surface area contributed by atoms with Crippen LogP contribution in [0.1, 0.15) is 36.0 Å². The summed E-state index contributed by atoms with van der Waals surface area (Å²) in [5.41, 5.74) is 7.02. The van der Waals surface area contributed by atoms with E-state index in [0.29, 0.717) is 19.3 Å². The number of benzene rings is 1. The van der Waals surface area contributed by atoms with E-state index in [0.717, 1.165) is 6.07 Å². The van der Waals surface area contributed by atoms with Gasteiger partial charge in [0.2, 0.25) is 11.7 Å². The van der Waals surface area contributed by atoms with E-state index < -0.39 is 28.2 Å². The third-order valence-electron chi connectivity index (χ3n) is 3.04. The number of nitro groups is 1. The lowest BCUT2D eigenvalue weighted by atomic mass is 10.1. The zero-order valence-corrected chi connectivity index (χ0v) is 13.2. The van der Waals surface area contributed by atoms with Crippen molar-refractivity contribution in [2.75, 3.05) is 6.54 Å². The Morgan fingerprint density at radius 2 is 2.08 bits per heavy atom. The molecule has 2 amide bonds. The number of hydrogen-bond acceptors (Lipinski definition) is 5. The molecule has 0 aliphatic heterocycles. The van der Waals surface area contributed by atoms with Gasteiger partial charge in [-0.25, -0.2) is 0 Å². The van der Waals surface area contributed by atoms with Crippen LogP contribution in [-0.2, 0) is 4.79 Å². The van der Waals surface area contributed by atoms with Crippen molar-refractivity contribution in [3.8, 4) is 5.75 Å². The van der Waals surface area contributed by atoms with Crippen LogP contribution in [0.3, 0.4) is 0 Å². The summed E-state index contributed by atoms with van der Waals surface area (Å²) in [6, 6.07) is 2.36. The maximum absolute atomic E-state index is 12.0. The molecule has 0 saturated carbocycles. The van der Waals surface area contributed by atoms with Gasteiger partial charge in [0.05, 0.1) is 9.95 Å². The quantitative estimate of drug-likeness (QED) is 0.183. The number of nitro benzene ring substituents is 1. The highest BCUT2D eigenvalue weighted by Gasteiger charge is 2.26. The fourth-order valence-corrected chi connectivity index (χ4v) is 2.05. The summed E-state index contributed by atoms with van der Waals surface area (Å²) < 4.78 is 0. The number of unbranched alkanes of at least 4 members (excludes halogenated alkanes) is 2. The van der Waals surface area contributed by atoms with E-state index in [2.05, 4.69) is 15.3 Å². The van der Waals surface area contributed by atoms with Crippen molar-refractivity contribution >= 4 is 29.1 Å². The highest BCUT2D eigenvalue weighted by atomic mass is 35.5. The molecule has 1 rings (SSSR count). The summed E-state index contributed by atoms with van der Waals surface area (Å²) in [7, 11) is 0. The molecule has 0 saturated heterocycles. The second-order valence-electron chi connectivity index (χ2n) is 4.70. The molecule has 128 valence electrons. The Morgan fingerprint density at radius 3 is 2.71 bits per heavy atom. The molecule has 1 aromatic carbocycles. The van der Waals surface area contributed by atoms with Crippen molar-refractivity contribution in [2.45, 2.75) is 25.7 Å². The fourth-order valence-electron chi connectivity index (χ4n) is 1.90. The molecule has 24 heavy (non-hydrogen) atoms. The summed E-state index contributed by atoms with van der Waals surface area (Å²) in [5, 5.41) is 25.8. The number of nitrogens with one attached hydrogen (secondary N) is 1. The molecule has 0 fully saturated rings. The lowest BCUT2D eigenvalue weighted by Crippen LogP contribution is -2.25. The van der Waals surface area contributed by atoms with Crippen molar-refractivity contribution in [1.29, 1.82) is 0 Å². The minimum Gasteiger partial charge on any atom is -0.501 e. The van der Waals surface area contributed by atoms with Gasteiger partial charge >= 0.3 is 5.69 Å². The van der Waals surface area contributed by atoms with Gasteiger partial charge in [-0.2, -0.15) is 0 Å². The van der Waals surface area contributed by atoms with Gasteiger partial charge in [0.25, 0.3) is 5.91 Å². The average molecular weight is 356 g/mol. The fraction of sp³-hybridized carbons (Fsp3) is 0.385. The van der Waals surface area contributed by atoms with Crippen LogP contribution in [0.15, 0.2) is 17.2 Å². The predicted octanol–water partition coefficient (Wildman–Crippen LogP) is 3.08. The molecular weight excluding hydrogens is 342 g/mol. The SMILES string of the molecule is [N-]=[N+]=NC(=O)CCCCCNC(=O)c1ccc(Cl)c(O)c1[N+](=O)[O-]. The topological polar surface area (TPSA) is 158 Å². The number of halogens is 1. The smallest absolute Gasteiger partial charge is 0.324 e. The van der Waals surface area contributed by atoms with E-state index >= 15 is 0 Å². The Bertz CT molecular complexity index is 702. The summed E-state index contributed by atoms with van der Waals surface area (Å²) in [6.45, 7) is 0.231. The van der Waals surface area contributed by atoms with Crippen LogP contribution in [0, 0.1) is 10.1 Å². The van der Waals surface area contributed by atoms with Gasteiger partial charge < -0.3 is 10.4 Å². The first-order valence-corrected chi connectivity index (χ1v) is 7.28. The summed E-state index contributed by atoms with van der Waals surface area (Å²) in [6.07, 6.45) is 1.74. The van der Waals surface area contributed by atoms with Crippen molar-refractivity contribution in [3.63, 3.8) is 0 Å². The van der Waals surface area contributed by atoms with Crippen LogP contribution in [0.4, 0.5) is 5.69 Å². The minimum atomic E-state index is -0.878. The minimum absolute atomic E-state index is 0.120. The van der Waals surface area contributed by atoms with Crippen LogP contribution >= 0.6 is 11.6 Å². The van der Waals surface area contributed by atoms with Gasteiger partial charge in [0.1, 0.15) is 5.56 Å². The third kappa shape index (κ3) is 5.41. The number of aromatic hydroxyl groups is 1. The molecule has 1 aromatic rings. The molecule has 0 bridgehead atoms. The van der Waals surface area contributed by atoms with Crippen LogP contribution in [0.25, 0.3) is 10.4 Å². The average Bonchev–Trinajstić information content (AvgIpc) is 2.52. The van der Waals surface area contributed by atoms with Crippen molar-refractivity contribution < 1.29 is 19.6 Å². The zero-order chi connectivity index (χ0) is 18.1. The van der Waals surface area contributed by atoms with E-state index in [1.807, 2.05) is 0 Å². The molecule has 0 unspecified atom stereocenters. The van der Waals surface area contributed by atoms with Gasteiger partial charge in [0.15, 0.2) is 0 Å². The molecular formula is C13H14ClN5O5. The first-order chi connectivity index (χ1) is 11.4. The third-order valence-corrected chi connectivity index (χ3v) is 3.34. The molecule has 0 heterocycles. The van der Waals surface area contributed by atoms with E-state index in [1.165, 1.54) is 6.07 Å². The molecule has 0 spiro atoms. The molecule has 0 radical (unpaired) electrons. The number of amides is 2. The Morgan fingerprint density at radius 1 is 1.38 bits per heavy atom. The zero-order valence-electron chi connectivity index (χ0n) is 12.4. The molecule has 0 aliphatic carbocycles. The van der Waals surface area contributed by atoms with E-state index in [-0.39, 0.29) is 23.6 Å². The van der Waals surface area contributed by atoms with Gasteiger partial charge in [0, 0.05) is 17.9 Å². The van der Waals surface area contributed by atoms with Crippen molar-refractivity contribution in [3.05, 3.63) is 43.3 Å². The molecule has 0 aromatic heterocycles. The lowest BCUT2D eigenvalue weighted by Gasteiger charge is -2.07. The summed E-state index contributed by atoms with van der Waals surface area (Å²) in [4.78, 5) is 35.4. The van der Waals surface area contributed by atoms with Gasteiger partial charge in [-0.05, 0) is 35.6 Å². The summed E-state index contributed by atoms with van der Waals surface area (Å²) in [5.74, 6) is -2.02. The number of nitrogens with zero attached hydrogens (tertiary/aromatic N) is 4. The second kappa shape index (κ2) is 9.33. The van der Waals surface area contributed by atoms with E-state index in [4.69, 9.17) is 17.1 Å². The molecule has 0 atom stereocenters. The number of phenols is 1. The Kier molecular flexibility index (Phi) is 7.47. The number of rotatable bonds is 8. The Labute approximate surface area is 141 Å². The predicted molar refractivity (Wildman–Crippen MR) is 84.7 cm³/mol. The number of carbonyl (C=O) groups excluding carboxylic acids is 2. The second-order valence-corrected chi connectivity index (χ2v) is 5.11. The van der Waals surface area contributed by atoms with Crippen LogP contribution in [-0.4, -0.2) is 28.4 Å². The van der Waals surface area contributed by atoms with E-state index in [1.54, 1.807) is 0 Å². The first kappa shape index (κ1) is 19.2. The van der Waals surface area contributed by atoms with Crippen molar-refractivity contribution in [2.24, 2.45) is 5.11 Å². The molecule has 11 heteroatoms. The largest absolute Gasteiger partial charge is 0.501 e. The monoisotopic (exact) mass is 355 g/mol. The Hall–Kier alpha value is -2.84. The first-order valence-electron chi connectivity index (χ1n) is 6.90. The lowest BCUT2D eigenvalue weighted by molar-refractivity contribution is -0.386. The molecule has 2 N–H and O–H groups in total. The standard InChI is InChI=1S/C13H14ClN5O5/c14-9-6-5-8(11(12(9)21)19(23)24)13(22)16-7-3-1-2-4-10(20)17-18-15/h5-6,21H,1-4,7H2,(H,16,22). The van der Waals surface area contributed by atoms with Gasteiger partial charge in [-0.1, -0.05) is 18.0 Å². The maximum atomic E-state index is 12.0. The number of carbonyl (C=O) groups is 2. The van der Waals surface area contributed by atoms with Crippen LogP contribution < -0.4 is 5.32 Å². The Balaban J connectivity index is 2.52. The highest BCUT2D eigenvalue weighted by molar-refractivity contribution is 6.32. The maximum Gasteiger partial charge on any atom is 0.324 e. The van der Waals surface area contributed by atoms with Crippen LogP contribution in [0.2, 0.25) is 5.02 Å². The van der Waals surface area contributed by atoms with E-state index in [9.17, 15) is 24.8 Å². The van der Waals surface area contributed by atoms with Crippen molar-refractivity contribution in [1.82, 2.24) is 5.32 Å². The number of hydrogen-bond donors (Lipinski definition) is 2. The molecule has 10 nitrogen and oxygen atoms in total. The number of azide groups is 1.